The fraction of sp³-hybridized carbons (Fsp3) is 0.0667. The van der Waals surface area contributed by atoms with Gasteiger partial charge in [-0.05, 0) is 12.1 Å². The maximum Gasteiger partial charge on any atom is 0.337 e. The van der Waals surface area contributed by atoms with Gasteiger partial charge in [-0.15, -0.1) is 0 Å². The number of nitro benzene ring substituents is 1. The van der Waals surface area contributed by atoms with Gasteiger partial charge in [-0.1, -0.05) is 24.3 Å². The largest absolute Gasteiger partial charge is 0.465 e. The van der Waals surface area contributed by atoms with Crippen LogP contribution in [0.25, 0.3) is 0 Å². The number of carbonyl (C=O) groups is 2. The van der Waals surface area contributed by atoms with Gasteiger partial charge in [0.1, 0.15) is 0 Å². The first-order chi connectivity index (χ1) is 10.0. The Morgan fingerprint density at radius 3 is 2.19 bits per heavy atom. The van der Waals surface area contributed by atoms with Crippen molar-refractivity contribution in [3.8, 4) is 0 Å². The van der Waals surface area contributed by atoms with Crippen molar-refractivity contribution in [1.29, 1.82) is 0 Å². The first-order valence-electron chi connectivity index (χ1n) is 6.00. The van der Waals surface area contributed by atoms with Crippen LogP contribution in [0.1, 0.15) is 26.3 Å². The van der Waals surface area contributed by atoms with Gasteiger partial charge in [0.05, 0.1) is 17.6 Å². The molecule has 2 rings (SSSR count). The van der Waals surface area contributed by atoms with E-state index >= 15 is 0 Å². The maximum atomic E-state index is 12.2. The predicted molar refractivity (Wildman–Crippen MR) is 74.3 cm³/mol. The monoisotopic (exact) mass is 285 g/mol. The number of benzene rings is 2. The number of methoxy groups -OCH3 is 1. The molecule has 0 fully saturated rings. The Morgan fingerprint density at radius 2 is 1.62 bits per heavy atom. The van der Waals surface area contributed by atoms with Gasteiger partial charge in [-0.2, -0.15) is 0 Å². The summed E-state index contributed by atoms with van der Waals surface area (Å²) < 4.78 is 4.56. The zero-order valence-corrected chi connectivity index (χ0v) is 11.1. The predicted octanol–water partition coefficient (Wildman–Crippen LogP) is 2.61. The maximum absolute atomic E-state index is 12.2. The van der Waals surface area contributed by atoms with E-state index in [0.29, 0.717) is 11.1 Å². The summed E-state index contributed by atoms with van der Waals surface area (Å²) in [5, 5.41) is 10.7. The number of nitro groups is 1. The van der Waals surface area contributed by atoms with E-state index in [1.807, 2.05) is 0 Å². The average Bonchev–Trinajstić information content (AvgIpc) is 2.53. The van der Waals surface area contributed by atoms with Gasteiger partial charge in [0, 0.05) is 23.3 Å². The lowest BCUT2D eigenvalue weighted by atomic mass is 10.0. The van der Waals surface area contributed by atoms with E-state index in [4.69, 9.17) is 0 Å². The quantitative estimate of drug-likeness (QED) is 0.373. The van der Waals surface area contributed by atoms with Crippen LogP contribution in [0, 0.1) is 10.1 Å². The number of carbonyl (C=O) groups excluding carboxylic acids is 2. The number of esters is 1. The molecule has 6 heteroatoms. The van der Waals surface area contributed by atoms with Crippen LogP contribution in [0.4, 0.5) is 5.69 Å². The summed E-state index contributed by atoms with van der Waals surface area (Å²) >= 11 is 0. The second kappa shape index (κ2) is 5.96. The third-order valence-electron chi connectivity index (χ3n) is 2.89. The normalized spacial score (nSPS) is 9.95. The van der Waals surface area contributed by atoms with Gasteiger partial charge >= 0.3 is 5.97 Å². The molecule has 0 unspecified atom stereocenters. The zero-order chi connectivity index (χ0) is 15.4. The molecular formula is C15H11NO5. The molecule has 0 aromatic heterocycles. The molecule has 0 radical (unpaired) electrons. The molecule has 6 nitrogen and oxygen atoms in total. The molecule has 0 saturated carbocycles. The highest BCUT2D eigenvalue weighted by molar-refractivity contribution is 6.09. The van der Waals surface area contributed by atoms with Crippen LogP contribution in [-0.4, -0.2) is 23.8 Å². The summed E-state index contributed by atoms with van der Waals surface area (Å²) in [6.07, 6.45) is 0. The van der Waals surface area contributed by atoms with Gasteiger partial charge < -0.3 is 4.74 Å². The smallest absolute Gasteiger partial charge is 0.337 e. The van der Waals surface area contributed by atoms with Gasteiger partial charge in [0.15, 0.2) is 5.78 Å². The van der Waals surface area contributed by atoms with Gasteiger partial charge in [-0.25, -0.2) is 4.79 Å². The minimum absolute atomic E-state index is 0.146. The zero-order valence-electron chi connectivity index (χ0n) is 11.1. The van der Waals surface area contributed by atoms with Gasteiger partial charge in [0.2, 0.25) is 0 Å². The molecular weight excluding hydrogens is 274 g/mol. The number of rotatable bonds is 4. The van der Waals surface area contributed by atoms with Crippen LogP contribution in [0.15, 0.2) is 48.5 Å². The molecule has 0 atom stereocenters. The lowest BCUT2D eigenvalue weighted by Gasteiger charge is -2.03. The van der Waals surface area contributed by atoms with Crippen molar-refractivity contribution < 1.29 is 19.2 Å². The van der Waals surface area contributed by atoms with Crippen molar-refractivity contribution in [2.24, 2.45) is 0 Å². The van der Waals surface area contributed by atoms with E-state index in [2.05, 4.69) is 4.74 Å². The average molecular weight is 285 g/mol. The topological polar surface area (TPSA) is 86.5 Å². The molecule has 0 saturated heterocycles. The van der Waals surface area contributed by atoms with Crippen molar-refractivity contribution >= 4 is 17.4 Å². The molecule has 0 bridgehead atoms. The Hall–Kier alpha value is -3.02. The highest BCUT2D eigenvalue weighted by Gasteiger charge is 2.14. The van der Waals surface area contributed by atoms with Crippen LogP contribution in [0.2, 0.25) is 0 Å². The molecule has 0 heterocycles. The fourth-order valence-electron chi connectivity index (χ4n) is 1.80. The van der Waals surface area contributed by atoms with Crippen molar-refractivity contribution in [3.05, 3.63) is 75.3 Å². The van der Waals surface area contributed by atoms with Gasteiger partial charge in [-0.3, -0.25) is 14.9 Å². The number of hydrogen-bond donors (Lipinski definition) is 0. The van der Waals surface area contributed by atoms with Gasteiger partial charge in [0.25, 0.3) is 5.69 Å². The van der Waals surface area contributed by atoms with E-state index in [-0.39, 0.29) is 17.0 Å². The second-order valence-corrected chi connectivity index (χ2v) is 4.21. The van der Waals surface area contributed by atoms with E-state index in [9.17, 15) is 19.7 Å². The third kappa shape index (κ3) is 3.11. The Bertz CT molecular complexity index is 706. The lowest BCUT2D eigenvalue weighted by Crippen LogP contribution is -2.04. The Labute approximate surface area is 120 Å². The van der Waals surface area contributed by atoms with E-state index in [1.165, 1.54) is 55.6 Å². The highest BCUT2D eigenvalue weighted by atomic mass is 16.6. The summed E-state index contributed by atoms with van der Waals surface area (Å²) in [5.41, 5.74) is 0.735. The lowest BCUT2D eigenvalue weighted by molar-refractivity contribution is -0.384. The molecule has 0 N–H and O–H groups in total. The molecule has 21 heavy (non-hydrogen) atoms. The standard InChI is InChI=1S/C15H11NO5/c1-21-15(18)11-7-5-10(6-8-11)14(17)12-3-2-4-13(9-12)16(19)20/h2-9H,1H3. The molecule has 2 aromatic rings. The highest BCUT2D eigenvalue weighted by Crippen LogP contribution is 2.17. The SMILES string of the molecule is COC(=O)c1ccc(C(=O)c2cccc([N+](=O)[O-])c2)cc1. The minimum Gasteiger partial charge on any atom is -0.465 e. The first kappa shape index (κ1) is 14.4. The molecule has 0 aliphatic carbocycles. The number of ether oxygens (including phenoxy) is 1. The van der Waals surface area contributed by atoms with Crippen LogP contribution in [-0.2, 0) is 4.74 Å². The summed E-state index contributed by atoms with van der Waals surface area (Å²) in [5.74, 6) is -0.848. The number of ketones is 1. The summed E-state index contributed by atoms with van der Waals surface area (Å²) in [6, 6.07) is 11.4. The summed E-state index contributed by atoms with van der Waals surface area (Å²) in [6.45, 7) is 0. The Balaban J connectivity index is 2.30. The second-order valence-electron chi connectivity index (χ2n) is 4.21. The van der Waals surface area contributed by atoms with E-state index in [1.54, 1.807) is 0 Å². The van der Waals surface area contributed by atoms with E-state index in [0.717, 1.165) is 0 Å². The fourth-order valence-corrected chi connectivity index (χ4v) is 1.80. The summed E-state index contributed by atoms with van der Waals surface area (Å²) in [4.78, 5) is 33.7. The molecule has 0 amide bonds. The van der Waals surface area contributed by atoms with Crippen LogP contribution in [0.3, 0.4) is 0 Å². The van der Waals surface area contributed by atoms with E-state index < -0.39 is 10.9 Å². The molecule has 106 valence electrons. The van der Waals surface area contributed by atoms with Crippen molar-refractivity contribution in [2.45, 2.75) is 0 Å². The van der Waals surface area contributed by atoms with Crippen LogP contribution in [0.5, 0.6) is 0 Å². The van der Waals surface area contributed by atoms with Crippen molar-refractivity contribution in [3.63, 3.8) is 0 Å². The first-order valence-corrected chi connectivity index (χ1v) is 6.00. The number of non-ortho nitro benzene ring substituents is 1. The van der Waals surface area contributed by atoms with Crippen LogP contribution >= 0.6 is 0 Å². The summed E-state index contributed by atoms with van der Waals surface area (Å²) in [7, 11) is 1.27. The van der Waals surface area contributed by atoms with Crippen molar-refractivity contribution in [1.82, 2.24) is 0 Å². The molecule has 0 aliphatic rings. The number of hydrogen-bond acceptors (Lipinski definition) is 5. The molecule has 2 aromatic carbocycles. The minimum atomic E-state index is -0.558. The molecule has 0 spiro atoms. The molecule has 0 aliphatic heterocycles. The van der Waals surface area contributed by atoms with Crippen molar-refractivity contribution in [2.75, 3.05) is 7.11 Å². The third-order valence-corrected chi connectivity index (χ3v) is 2.89. The number of nitrogens with zero attached hydrogens (tertiary/aromatic N) is 1. The Morgan fingerprint density at radius 1 is 1.00 bits per heavy atom. The Kier molecular flexibility index (Phi) is 4.08. The van der Waals surface area contributed by atoms with Crippen LogP contribution < -0.4 is 0 Å².